The molecule has 0 aliphatic carbocycles. The number of amides is 2. The van der Waals surface area contributed by atoms with Crippen LogP contribution in [0.2, 0.25) is 0 Å². The van der Waals surface area contributed by atoms with Crippen molar-refractivity contribution in [3.63, 3.8) is 0 Å². The van der Waals surface area contributed by atoms with Gasteiger partial charge in [0.05, 0.1) is 17.9 Å². The van der Waals surface area contributed by atoms with Crippen LogP contribution in [-0.4, -0.2) is 24.4 Å². The molecular formula is C20H22N2O4. The van der Waals surface area contributed by atoms with Crippen molar-refractivity contribution in [2.75, 3.05) is 17.2 Å². The van der Waals surface area contributed by atoms with E-state index < -0.39 is 17.8 Å². The van der Waals surface area contributed by atoms with Crippen LogP contribution in [0.5, 0.6) is 0 Å². The molecule has 0 spiro atoms. The lowest BCUT2D eigenvalue weighted by Crippen LogP contribution is -2.29. The van der Waals surface area contributed by atoms with Gasteiger partial charge >= 0.3 is 17.8 Å². The number of para-hydroxylation sites is 1. The molecule has 6 heteroatoms. The number of aryl methyl sites for hydroxylation is 1. The molecule has 2 aromatic rings. The Bertz CT molecular complexity index is 802. The Morgan fingerprint density at radius 2 is 1.69 bits per heavy atom. The predicted octanol–water partition coefficient (Wildman–Crippen LogP) is 3.53. The van der Waals surface area contributed by atoms with Gasteiger partial charge in [0.15, 0.2) is 0 Å². The summed E-state index contributed by atoms with van der Waals surface area (Å²) >= 11 is 0. The average Bonchev–Trinajstić information content (AvgIpc) is 2.62. The normalized spacial score (nSPS) is 10.1. The Labute approximate surface area is 152 Å². The van der Waals surface area contributed by atoms with Gasteiger partial charge in [-0.2, -0.15) is 0 Å². The van der Waals surface area contributed by atoms with Gasteiger partial charge in [0, 0.05) is 5.69 Å². The molecular weight excluding hydrogens is 332 g/mol. The summed E-state index contributed by atoms with van der Waals surface area (Å²) in [6.07, 6.45) is 1.67. The molecule has 2 rings (SSSR count). The third-order valence-electron chi connectivity index (χ3n) is 3.61. The molecule has 2 amide bonds. The standard InChI is InChI=1S/C20H22N2O4/c1-3-4-12-26-20(25)16-10-5-6-11-17(16)22-19(24)18(23)21-15-9-7-8-14(2)13-15/h5-11,13H,3-4,12H2,1-2H3,(H,21,23)(H,22,24). The number of ether oxygens (including phenoxy) is 1. The van der Waals surface area contributed by atoms with E-state index in [9.17, 15) is 14.4 Å². The van der Waals surface area contributed by atoms with E-state index in [-0.39, 0.29) is 11.3 Å². The molecule has 26 heavy (non-hydrogen) atoms. The van der Waals surface area contributed by atoms with E-state index in [2.05, 4.69) is 10.6 Å². The van der Waals surface area contributed by atoms with Crippen molar-refractivity contribution in [3.8, 4) is 0 Å². The highest BCUT2D eigenvalue weighted by Crippen LogP contribution is 2.17. The van der Waals surface area contributed by atoms with Crippen molar-refractivity contribution in [2.24, 2.45) is 0 Å². The topological polar surface area (TPSA) is 84.5 Å². The van der Waals surface area contributed by atoms with E-state index in [1.807, 2.05) is 19.9 Å². The molecule has 136 valence electrons. The minimum atomic E-state index is -0.861. The van der Waals surface area contributed by atoms with E-state index in [0.29, 0.717) is 12.3 Å². The number of carbonyl (C=O) groups excluding carboxylic acids is 3. The molecule has 0 saturated heterocycles. The molecule has 0 heterocycles. The highest BCUT2D eigenvalue weighted by molar-refractivity contribution is 6.43. The summed E-state index contributed by atoms with van der Waals surface area (Å²) < 4.78 is 5.17. The highest BCUT2D eigenvalue weighted by atomic mass is 16.5. The van der Waals surface area contributed by atoms with E-state index in [1.165, 1.54) is 0 Å². The maximum absolute atomic E-state index is 12.2. The number of hydrogen-bond acceptors (Lipinski definition) is 4. The van der Waals surface area contributed by atoms with Crippen molar-refractivity contribution in [2.45, 2.75) is 26.7 Å². The van der Waals surface area contributed by atoms with Crippen LogP contribution in [0.4, 0.5) is 11.4 Å². The molecule has 0 bridgehead atoms. The van der Waals surface area contributed by atoms with Gasteiger partial charge in [-0.1, -0.05) is 37.6 Å². The number of anilines is 2. The first-order chi connectivity index (χ1) is 12.5. The Hall–Kier alpha value is -3.15. The molecule has 0 aliphatic rings. The second-order valence-corrected chi connectivity index (χ2v) is 5.81. The molecule has 0 aromatic heterocycles. The second-order valence-electron chi connectivity index (χ2n) is 5.81. The first-order valence-electron chi connectivity index (χ1n) is 8.46. The second kappa shape index (κ2) is 9.36. The Balaban J connectivity index is 2.04. The lowest BCUT2D eigenvalue weighted by molar-refractivity contribution is -0.133. The Kier molecular flexibility index (Phi) is 6.91. The average molecular weight is 354 g/mol. The Morgan fingerprint density at radius 1 is 0.962 bits per heavy atom. The highest BCUT2D eigenvalue weighted by Gasteiger charge is 2.18. The molecule has 0 saturated carbocycles. The lowest BCUT2D eigenvalue weighted by atomic mass is 10.1. The van der Waals surface area contributed by atoms with Crippen molar-refractivity contribution in [1.82, 2.24) is 0 Å². The van der Waals surface area contributed by atoms with Crippen LogP contribution in [0, 0.1) is 6.92 Å². The number of hydrogen-bond donors (Lipinski definition) is 2. The van der Waals surface area contributed by atoms with Crippen molar-refractivity contribution >= 4 is 29.2 Å². The summed E-state index contributed by atoms with van der Waals surface area (Å²) in [7, 11) is 0. The molecule has 2 N–H and O–H groups in total. The van der Waals surface area contributed by atoms with Crippen LogP contribution in [-0.2, 0) is 14.3 Å². The first-order valence-corrected chi connectivity index (χ1v) is 8.46. The molecule has 0 unspecified atom stereocenters. The van der Waals surface area contributed by atoms with Gasteiger partial charge in [0.25, 0.3) is 0 Å². The first kappa shape index (κ1) is 19.2. The van der Waals surface area contributed by atoms with E-state index in [4.69, 9.17) is 4.74 Å². The van der Waals surface area contributed by atoms with E-state index >= 15 is 0 Å². The summed E-state index contributed by atoms with van der Waals surface area (Å²) in [5.74, 6) is -2.21. The number of carbonyl (C=O) groups is 3. The van der Waals surface area contributed by atoms with Crippen LogP contribution in [0.3, 0.4) is 0 Å². The summed E-state index contributed by atoms with van der Waals surface area (Å²) in [6, 6.07) is 13.5. The fraction of sp³-hybridized carbons (Fsp3) is 0.250. The van der Waals surface area contributed by atoms with Crippen LogP contribution in [0.25, 0.3) is 0 Å². The number of esters is 1. The predicted molar refractivity (Wildman–Crippen MR) is 100 cm³/mol. The number of benzene rings is 2. The summed E-state index contributed by atoms with van der Waals surface area (Å²) in [4.78, 5) is 36.4. The maximum atomic E-state index is 12.2. The molecule has 0 fully saturated rings. The van der Waals surface area contributed by atoms with Gasteiger partial charge in [0.2, 0.25) is 0 Å². The minimum absolute atomic E-state index is 0.209. The quantitative estimate of drug-likeness (QED) is 0.472. The van der Waals surface area contributed by atoms with Gasteiger partial charge in [-0.25, -0.2) is 4.79 Å². The zero-order valence-electron chi connectivity index (χ0n) is 14.9. The molecule has 0 aliphatic heterocycles. The van der Waals surface area contributed by atoms with E-state index in [1.54, 1.807) is 42.5 Å². The zero-order chi connectivity index (χ0) is 18.9. The summed E-state index contributed by atoms with van der Waals surface area (Å²) in [5, 5.41) is 4.99. The number of rotatable bonds is 6. The third kappa shape index (κ3) is 5.44. The molecule has 0 radical (unpaired) electrons. The van der Waals surface area contributed by atoms with Gasteiger partial charge in [-0.3, -0.25) is 9.59 Å². The zero-order valence-corrected chi connectivity index (χ0v) is 14.9. The monoisotopic (exact) mass is 354 g/mol. The maximum Gasteiger partial charge on any atom is 0.340 e. The Morgan fingerprint density at radius 3 is 2.42 bits per heavy atom. The van der Waals surface area contributed by atoms with Crippen LogP contribution in [0.15, 0.2) is 48.5 Å². The van der Waals surface area contributed by atoms with Gasteiger partial charge < -0.3 is 15.4 Å². The minimum Gasteiger partial charge on any atom is -0.462 e. The largest absolute Gasteiger partial charge is 0.462 e. The fourth-order valence-electron chi connectivity index (χ4n) is 2.25. The molecule has 2 aromatic carbocycles. The third-order valence-corrected chi connectivity index (χ3v) is 3.61. The molecule has 6 nitrogen and oxygen atoms in total. The van der Waals surface area contributed by atoms with Gasteiger partial charge in [-0.15, -0.1) is 0 Å². The van der Waals surface area contributed by atoms with Crippen molar-refractivity contribution in [3.05, 3.63) is 59.7 Å². The van der Waals surface area contributed by atoms with Crippen molar-refractivity contribution < 1.29 is 19.1 Å². The lowest BCUT2D eigenvalue weighted by Gasteiger charge is -2.11. The SMILES string of the molecule is CCCCOC(=O)c1ccccc1NC(=O)C(=O)Nc1cccc(C)c1. The van der Waals surface area contributed by atoms with Gasteiger partial charge in [0.1, 0.15) is 0 Å². The number of nitrogens with one attached hydrogen (secondary N) is 2. The van der Waals surface area contributed by atoms with Gasteiger partial charge in [-0.05, 0) is 43.2 Å². The van der Waals surface area contributed by atoms with E-state index in [0.717, 1.165) is 18.4 Å². The van der Waals surface area contributed by atoms with Crippen molar-refractivity contribution in [1.29, 1.82) is 0 Å². The summed E-state index contributed by atoms with van der Waals surface area (Å²) in [5.41, 5.74) is 1.93. The summed E-state index contributed by atoms with van der Waals surface area (Å²) in [6.45, 7) is 4.19. The number of unbranched alkanes of at least 4 members (excludes halogenated alkanes) is 1. The fourth-order valence-corrected chi connectivity index (χ4v) is 2.25. The van der Waals surface area contributed by atoms with Crippen LogP contribution in [0.1, 0.15) is 35.7 Å². The van der Waals surface area contributed by atoms with Crippen LogP contribution < -0.4 is 10.6 Å². The molecule has 0 atom stereocenters. The van der Waals surface area contributed by atoms with Crippen LogP contribution >= 0.6 is 0 Å². The smallest absolute Gasteiger partial charge is 0.340 e.